The fraction of sp³-hybridized carbons (Fsp3) is 0.875. The molecule has 1 rings (SSSR count). The molecule has 1 fully saturated rings. The second kappa shape index (κ2) is 10.2. The molecule has 1 nitrogen and oxygen atoms in total. The van der Waals surface area contributed by atoms with Gasteiger partial charge in [-0.15, -0.1) is 0 Å². The van der Waals surface area contributed by atoms with Crippen molar-refractivity contribution in [2.24, 2.45) is 0 Å². The molecule has 0 aromatic heterocycles. The molecule has 0 spiro atoms. The van der Waals surface area contributed by atoms with E-state index in [-0.39, 0.29) is 0 Å². The van der Waals surface area contributed by atoms with Crippen molar-refractivity contribution in [1.29, 1.82) is 0 Å². The first-order valence-corrected chi connectivity index (χ1v) is 5.62. The molecule has 1 aliphatic rings. The van der Waals surface area contributed by atoms with Crippen LogP contribution in [0, 0.1) is 0 Å². The Morgan fingerprint density at radius 2 is 1.82 bits per heavy atom. The Balaban J connectivity index is 0. The third kappa shape index (κ3) is 8.14. The molecule has 0 bridgehead atoms. The number of thioether (sulfide) groups is 1. The van der Waals surface area contributed by atoms with Crippen molar-refractivity contribution in [2.45, 2.75) is 40.7 Å². The number of nitrogens with one attached hydrogen (secondary N) is 1. The van der Waals surface area contributed by atoms with E-state index >= 15 is 0 Å². The van der Waals surface area contributed by atoms with Crippen molar-refractivity contribution in [3.8, 4) is 0 Å². The van der Waals surface area contributed by atoms with Crippen LogP contribution in [-0.2, 0) is 0 Å². The van der Waals surface area contributed by atoms with E-state index < -0.39 is 0 Å². The molecule has 68 valence electrons. The molecule has 1 saturated heterocycles. The summed E-state index contributed by atoms with van der Waals surface area (Å²) >= 11 is 6.57. The molecule has 1 aliphatic heterocycles. The van der Waals surface area contributed by atoms with Gasteiger partial charge in [0.2, 0.25) is 0 Å². The van der Waals surface area contributed by atoms with Crippen molar-refractivity contribution < 1.29 is 0 Å². The molecule has 0 aromatic carbocycles. The molecule has 1 atom stereocenters. The Bertz CT molecular complexity index is 94.1. The molecular formula is C8H19NS2. The highest BCUT2D eigenvalue weighted by Gasteiger charge is 2.12. The van der Waals surface area contributed by atoms with E-state index in [0.29, 0.717) is 6.04 Å². The van der Waals surface area contributed by atoms with Gasteiger partial charge in [0.15, 0.2) is 0 Å². The van der Waals surface area contributed by atoms with Crippen LogP contribution < -0.4 is 5.32 Å². The lowest BCUT2D eigenvalue weighted by Gasteiger charge is -1.96. The monoisotopic (exact) mass is 193 g/mol. The summed E-state index contributed by atoms with van der Waals surface area (Å²) in [5, 5.41) is 3.11. The van der Waals surface area contributed by atoms with Crippen molar-refractivity contribution in [3.05, 3.63) is 0 Å². The van der Waals surface area contributed by atoms with E-state index in [1.54, 1.807) is 11.8 Å². The van der Waals surface area contributed by atoms with Gasteiger partial charge in [-0.05, 0) is 6.92 Å². The minimum atomic E-state index is 0.595. The van der Waals surface area contributed by atoms with Crippen molar-refractivity contribution in [3.63, 3.8) is 0 Å². The van der Waals surface area contributed by atoms with Crippen LogP contribution >= 0.6 is 24.0 Å². The second-order valence-electron chi connectivity index (χ2n) is 1.64. The van der Waals surface area contributed by atoms with E-state index in [1.165, 1.54) is 0 Å². The Labute approximate surface area is 80.3 Å². The maximum absolute atomic E-state index is 4.85. The Hall–Kier alpha value is 0.240. The maximum Gasteiger partial charge on any atom is 0.134 e. The number of hydrogen-bond donors (Lipinski definition) is 1. The van der Waals surface area contributed by atoms with E-state index in [1.807, 2.05) is 27.7 Å². The highest BCUT2D eigenvalue weighted by molar-refractivity contribution is 8.23. The summed E-state index contributed by atoms with van der Waals surface area (Å²) in [4.78, 5) is 0. The van der Waals surface area contributed by atoms with Gasteiger partial charge in [-0.3, -0.25) is 0 Å². The number of thiocarbonyl (C=S) groups is 1. The molecule has 0 saturated carbocycles. The van der Waals surface area contributed by atoms with E-state index in [2.05, 4.69) is 12.2 Å². The highest BCUT2D eigenvalue weighted by atomic mass is 32.2. The zero-order chi connectivity index (χ0) is 9.28. The van der Waals surface area contributed by atoms with Gasteiger partial charge in [0, 0.05) is 11.8 Å². The van der Waals surface area contributed by atoms with E-state index in [0.717, 1.165) is 10.1 Å². The minimum Gasteiger partial charge on any atom is -0.368 e. The molecule has 0 aromatic rings. The normalized spacial score (nSPS) is 20.5. The Kier molecular flexibility index (Phi) is 12.9. The zero-order valence-electron chi connectivity index (χ0n) is 8.10. The van der Waals surface area contributed by atoms with Crippen LogP contribution in [0.25, 0.3) is 0 Å². The lowest BCUT2D eigenvalue weighted by molar-refractivity contribution is 0.773. The van der Waals surface area contributed by atoms with Crippen molar-refractivity contribution in [1.82, 2.24) is 5.32 Å². The van der Waals surface area contributed by atoms with Gasteiger partial charge >= 0.3 is 0 Å². The lowest BCUT2D eigenvalue weighted by atomic mass is 10.4. The van der Waals surface area contributed by atoms with Crippen LogP contribution in [0.1, 0.15) is 34.6 Å². The third-order valence-electron chi connectivity index (χ3n) is 0.829. The van der Waals surface area contributed by atoms with Crippen LogP contribution in [0.2, 0.25) is 0 Å². The molecule has 1 unspecified atom stereocenters. The summed E-state index contributed by atoms with van der Waals surface area (Å²) in [5.41, 5.74) is 0. The van der Waals surface area contributed by atoms with Gasteiger partial charge in [0.25, 0.3) is 0 Å². The predicted octanol–water partition coefficient (Wildman–Crippen LogP) is 3.05. The molecule has 3 heteroatoms. The SMILES string of the molecule is CC.CC.CC1CSC(=S)N1. The highest BCUT2D eigenvalue weighted by Crippen LogP contribution is 2.11. The quantitative estimate of drug-likeness (QED) is 0.594. The molecule has 0 radical (unpaired) electrons. The summed E-state index contributed by atoms with van der Waals surface area (Å²) in [6.07, 6.45) is 0. The van der Waals surface area contributed by atoms with Crippen LogP contribution in [0.15, 0.2) is 0 Å². The van der Waals surface area contributed by atoms with E-state index in [4.69, 9.17) is 12.2 Å². The fourth-order valence-electron chi connectivity index (χ4n) is 0.485. The first-order chi connectivity index (χ1) is 5.29. The maximum atomic E-state index is 4.85. The zero-order valence-corrected chi connectivity index (χ0v) is 9.73. The minimum absolute atomic E-state index is 0.595. The molecule has 11 heavy (non-hydrogen) atoms. The first kappa shape index (κ1) is 13.8. The summed E-state index contributed by atoms with van der Waals surface area (Å²) < 4.78 is 0.951. The number of hydrogen-bond acceptors (Lipinski definition) is 2. The molecule has 1 N–H and O–H groups in total. The number of rotatable bonds is 0. The Morgan fingerprint density at radius 1 is 1.36 bits per heavy atom. The van der Waals surface area contributed by atoms with Gasteiger partial charge in [0.1, 0.15) is 4.32 Å². The average Bonchev–Trinajstić information content (AvgIpc) is 2.43. The topological polar surface area (TPSA) is 12.0 Å². The molecule has 1 heterocycles. The summed E-state index contributed by atoms with van der Waals surface area (Å²) in [6, 6.07) is 0.595. The summed E-state index contributed by atoms with van der Waals surface area (Å²) in [6.45, 7) is 10.1. The molecule has 0 aliphatic carbocycles. The third-order valence-corrected chi connectivity index (χ3v) is 2.35. The van der Waals surface area contributed by atoms with Crippen LogP contribution in [0.3, 0.4) is 0 Å². The van der Waals surface area contributed by atoms with Crippen LogP contribution in [0.4, 0.5) is 0 Å². The van der Waals surface area contributed by atoms with Crippen LogP contribution in [-0.4, -0.2) is 16.1 Å². The van der Waals surface area contributed by atoms with Gasteiger partial charge in [-0.25, -0.2) is 0 Å². The van der Waals surface area contributed by atoms with Gasteiger partial charge in [-0.1, -0.05) is 51.7 Å². The van der Waals surface area contributed by atoms with Crippen molar-refractivity contribution >= 4 is 28.3 Å². The van der Waals surface area contributed by atoms with Gasteiger partial charge in [-0.2, -0.15) is 0 Å². The largest absolute Gasteiger partial charge is 0.368 e. The van der Waals surface area contributed by atoms with Crippen LogP contribution in [0.5, 0.6) is 0 Å². The second-order valence-corrected chi connectivity index (χ2v) is 3.34. The summed E-state index contributed by atoms with van der Waals surface area (Å²) in [7, 11) is 0. The van der Waals surface area contributed by atoms with E-state index in [9.17, 15) is 0 Å². The summed E-state index contributed by atoms with van der Waals surface area (Å²) in [5.74, 6) is 1.14. The first-order valence-electron chi connectivity index (χ1n) is 4.22. The van der Waals surface area contributed by atoms with Crippen molar-refractivity contribution in [2.75, 3.05) is 5.75 Å². The average molecular weight is 193 g/mol. The van der Waals surface area contributed by atoms with Gasteiger partial charge < -0.3 is 5.32 Å². The standard InChI is InChI=1S/C4H7NS2.2C2H6/c1-3-2-7-4(6)5-3;2*1-2/h3H,2H2,1H3,(H,5,6);2*1-2H3. The molecular weight excluding hydrogens is 174 g/mol. The smallest absolute Gasteiger partial charge is 0.134 e. The molecule has 0 amide bonds. The lowest BCUT2D eigenvalue weighted by Crippen LogP contribution is -2.21. The fourth-order valence-corrected chi connectivity index (χ4v) is 1.66. The van der Waals surface area contributed by atoms with Gasteiger partial charge in [0.05, 0.1) is 0 Å². The Morgan fingerprint density at radius 3 is 1.91 bits per heavy atom. The predicted molar refractivity (Wildman–Crippen MR) is 60.3 cm³/mol.